The van der Waals surface area contributed by atoms with Gasteiger partial charge in [0.25, 0.3) is 5.91 Å². The Morgan fingerprint density at radius 1 is 1.00 bits per heavy atom. The lowest BCUT2D eigenvalue weighted by Crippen LogP contribution is -2.32. The Bertz CT molecular complexity index is 1060. The van der Waals surface area contributed by atoms with Crippen LogP contribution in [0.2, 0.25) is 0 Å². The van der Waals surface area contributed by atoms with E-state index in [1.807, 2.05) is 36.4 Å². The number of hydrogen-bond acceptors (Lipinski definition) is 4. The van der Waals surface area contributed by atoms with Crippen molar-refractivity contribution < 1.29 is 24.2 Å². The highest BCUT2D eigenvalue weighted by Crippen LogP contribution is 2.44. The molecule has 2 aromatic rings. The summed E-state index contributed by atoms with van der Waals surface area (Å²) >= 11 is 0. The van der Waals surface area contributed by atoms with E-state index in [2.05, 4.69) is 34.6 Å². The molecule has 0 heterocycles. The number of amides is 2. The van der Waals surface area contributed by atoms with Crippen molar-refractivity contribution in [3.63, 3.8) is 0 Å². The fraction of sp³-hybridized carbons (Fsp3) is 0.320. The summed E-state index contributed by atoms with van der Waals surface area (Å²) in [6.07, 6.45) is 1.00. The van der Waals surface area contributed by atoms with Crippen molar-refractivity contribution in [2.45, 2.75) is 31.2 Å². The van der Waals surface area contributed by atoms with Gasteiger partial charge in [-0.1, -0.05) is 54.5 Å². The van der Waals surface area contributed by atoms with Crippen LogP contribution in [-0.4, -0.2) is 42.3 Å². The maximum absolute atomic E-state index is 12.1. The van der Waals surface area contributed by atoms with Gasteiger partial charge in [-0.15, -0.1) is 0 Å². The van der Waals surface area contributed by atoms with Gasteiger partial charge in [0.15, 0.2) is 0 Å². The summed E-state index contributed by atoms with van der Waals surface area (Å²) in [5.41, 5.74) is 4.59. The lowest BCUT2D eigenvalue weighted by Gasteiger charge is -2.14. The van der Waals surface area contributed by atoms with Gasteiger partial charge in [-0.05, 0) is 47.4 Å². The van der Waals surface area contributed by atoms with Crippen LogP contribution in [0.3, 0.4) is 0 Å². The molecular weight excluding hydrogens is 408 g/mol. The normalized spacial score (nSPS) is 18.6. The molecule has 0 radical (unpaired) electrons. The average Bonchev–Trinajstić information content (AvgIpc) is 3.38. The first kappa shape index (κ1) is 21.4. The first-order valence-electron chi connectivity index (χ1n) is 10.6. The van der Waals surface area contributed by atoms with E-state index in [0.717, 1.165) is 22.3 Å². The van der Waals surface area contributed by atoms with Crippen LogP contribution in [0.15, 0.2) is 48.5 Å². The summed E-state index contributed by atoms with van der Waals surface area (Å²) in [5.74, 6) is 3.26. The number of alkyl carbamates (subject to hydrolysis) is 1. The monoisotopic (exact) mass is 432 g/mol. The number of carbonyl (C=O) groups excluding carboxylic acids is 2. The zero-order valence-electron chi connectivity index (χ0n) is 17.5. The molecular formula is C25H24N2O5. The number of carbonyl (C=O) groups is 3. The smallest absolute Gasteiger partial charge is 0.407 e. The molecule has 2 unspecified atom stereocenters. The van der Waals surface area contributed by atoms with E-state index < -0.39 is 23.9 Å². The van der Waals surface area contributed by atoms with Crippen LogP contribution in [0.5, 0.6) is 0 Å². The topological polar surface area (TPSA) is 105 Å². The fourth-order valence-corrected chi connectivity index (χ4v) is 4.45. The van der Waals surface area contributed by atoms with E-state index in [9.17, 15) is 14.4 Å². The van der Waals surface area contributed by atoms with E-state index in [4.69, 9.17) is 9.84 Å². The number of nitrogens with one attached hydrogen (secondary N) is 2. The van der Waals surface area contributed by atoms with Crippen LogP contribution in [0.25, 0.3) is 11.1 Å². The van der Waals surface area contributed by atoms with Gasteiger partial charge >= 0.3 is 12.1 Å². The Morgan fingerprint density at radius 2 is 1.66 bits per heavy atom. The van der Waals surface area contributed by atoms with Crippen LogP contribution >= 0.6 is 0 Å². The molecule has 1 fully saturated rings. The third-order valence-corrected chi connectivity index (χ3v) is 5.98. The number of aliphatic carboxylic acids is 1. The maximum Gasteiger partial charge on any atom is 0.407 e. The standard InChI is InChI=1S/C25H24N2O5/c28-23(27-17-12-11-16(14-17)24(29)30)10-5-13-26-25(31)32-15-22-20-8-3-1-6-18(20)19-7-2-4-9-21(19)22/h1-4,6-9,16-17,22H,11-15H2,(H,26,31)(H,27,28)(H,29,30). The molecule has 7 nitrogen and oxygen atoms in total. The Labute approximate surface area is 186 Å². The van der Waals surface area contributed by atoms with Crippen molar-refractivity contribution in [2.75, 3.05) is 13.2 Å². The van der Waals surface area contributed by atoms with Crippen LogP contribution < -0.4 is 10.6 Å². The molecule has 4 rings (SSSR count). The summed E-state index contributed by atoms with van der Waals surface area (Å²) in [4.78, 5) is 34.9. The molecule has 2 aromatic carbocycles. The minimum absolute atomic E-state index is 0.0213. The summed E-state index contributed by atoms with van der Waals surface area (Å²) in [6, 6.07) is 16.0. The van der Waals surface area contributed by atoms with Gasteiger partial charge in [-0.25, -0.2) is 4.79 Å². The minimum Gasteiger partial charge on any atom is -0.481 e. The van der Waals surface area contributed by atoms with Crippen molar-refractivity contribution in [1.82, 2.24) is 10.6 Å². The molecule has 7 heteroatoms. The Kier molecular flexibility index (Phi) is 6.41. The number of fused-ring (bicyclic) bond motifs is 3. The van der Waals surface area contributed by atoms with Crippen molar-refractivity contribution in [2.24, 2.45) is 5.92 Å². The summed E-state index contributed by atoms with van der Waals surface area (Å²) in [5, 5.41) is 14.3. The molecule has 1 saturated carbocycles. The van der Waals surface area contributed by atoms with Crippen LogP contribution in [-0.2, 0) is 14.3 Å². The van der Waals surface area contributed by atoms with E-state index in [1.54, 1.807) is 0 Å². The number of hydrogen-bond donors (Lipinski definition) is 3. The zero-order chi connectivity index (χ0) is 22.5. The molecule has 0 saturated heterocycles. The predicted octanol–water partition coefficient (Wildman–Crippen LogP) is 2.90. The van der Waals surface area contributed by atoms with Gasteiger partial charge in [0.2, 0.25) is 0 Å². The van der Waals surface area contributed by atoms with Crippen molar-refractivity contribution in [3.05, 3.63) is 59.7 Å². The Hall–Kier alpha value is -3.79. The molecule has 2 amide bonds. The van der Waals surface area contributed by atoms with E-state index >= 15 is 0 Å². The molecule has 3 N–H and O–H groups in total. The van der Waals surface area contributed by atoms with Crippen LogP contribution in [0.1, 0.15) is 36.3 Å². The highest BCUT2D eigenvalue weighted by molar-refractivity contribution is 5.93. The van der Waals surface area contributed by atoms with Crippen molar-refractivity contribution in [3.8, 4) is 23.0 Å². The number of ether oxygens (including phenoxy) is 1. The first-order chi connectivity index (χ1) is 15.5. The first-order valence-corrected chi connectivity index (χ1v) is 10.6. The number of benzene rings is 2. The molecule has 2 aliphatic rings. The van der Waals surface area contributed by atoms with Crippen LogP contribution in [0, 0.1) is 17.8 Å². The van der Waals surface area contributed by atoms with Gasteiger partial charge < -0.3 is 20.5 Å². The molecule has 0 spiro atoms. The second-order valence-electron chi connectivity index (χ2n) is 8.00. The number of rotatable bonds is 5. The van der Waals surface area contributed by atoms with Crippen molar-refractivity contribution >= 4 is 18.0 Å². The molecule has 0 bridgehead atoms. The van der Waals surface area contributed by atoms with Crippen molar-refractivity contribution in [1.29, 1.82) is 0 Å². The fourth-order valence-electron chi connectivity index (χ4n) is 4.45. The van der Waals surface area contributed by atoms with Gasteiger partial charge in [0, 0.05) is 12.0 Å². The maximum atomic E-state index is 12.1. The zero-order valence-corrected chi connectivity index (χ0v) is 17.5. The van der Waals surface area contributed by atoms with Gasteiger partial charge in [-0.2, -0.15) is 0 Å². The molecule has 32 heavy (non-hydrogen) atoms. The Morgan fingerprint density at radius 3 is 2.28 bits per heavy atom. The third-order valence-electron chi connectivity index (χ3n) is 5.98. The molecule has 0 aromatic heterocycles. The Balaban J connectivity index is 1.23. The molecule has 0 aliphatic heterocycles. The summed E-state index contributed by atoms with van der Waals surface area (Å²) < 4.78 is 5.41. The molecule has 164 valence electrons. The summed E-state index contributed by atoms with van der Waals surface area (Å²) in [6.45, 7) is 0.187. The highest BCUT2D eigenvalue weighted by atomic mass is 16.5. The predicted molar refractivity (Wildman–Crippen MR) is 118 cm³/mol. The number of carboxylic acid groups (broad SMARTS) is 1. The van der Waals surface area contributed by atoms with Gasteiger partial charge in [-0.3, -0.25) is 9.59 Å². The average molecular weight is 432 g/mol. The lowest BCUT2D eigenvalue weighted by atomic mass is 9.98. The molecule has 2 aliphatic carbocycles. The SMILES string of the molecule is O=C(C#CCNC(=O)OCC1c2ccccc2-c2ccccc21)NC1CCC(C(=O)O)C1. The van der Waals surface area contributed by atoms with E-state index in [0.29, 0.717) is 19.3 Å². The summed E-state index contributed by atoms with van der Waals surface area (Å²) in [7, 11) is 0. The van der Waals surface area contributed by atoms with Crippen LogP contribution in [0.4, 0.5) is 4.79 Å². The van der Waals surface area contributed by atoms with E-state index in [1.165, 1.54) is 0 Å². The third kappa shape index (κ3) is 4.75. The highest BCUT2D eigenvalue weighted by Gasteiger charge is 2.30. The second-order valence-corrected chi connectivity index (χ2v) is 8.00. The van der Waals surface area contributed by atoms with E-state index in [-0.39, 0.29) is 25.1 Å². The number of carboxylic acids is 1. The van der Waals surface area contributed by atoms with Gasteiger partial charge in [0.05, 0.1) is 12.5 Å². The molecule has 2 atom stereocenters. The second kappa shape index (κ2) is 9.56. The lowest BCUT2D eigenvalue weighted by molar-refractivity contribution is -0.141. The largest absolute Gasteiger partial charge is 0.481 e. The minimum atomic E-state index is -0.833. The quantitative estimate of drug-likeness (QED) is 0.630. The van der Waals surface area contributed by atoms with Gasteiger partial charge in [0.1, 0.15) is 6.61 Å².